The number of fused-ring (bicyclic) bond motifs is 1. The van der Waals surface area contributed by atoms with Gasteiger partial charge in [-0.25, -0.2) is 0 Å². The minimum atomic E-state index is -0.516. The molecule has 0 saturated carbocycles. The summed E-state index contributed by atoms with van der Waals surface area (Å²) in [4.78, 5) is 31.9. The Hall–Kier alpha value is -3.80. The molecule has 0 aliphatic carbocycles. The number of piperidine rings is 1. The molecule has 3 aromatic carbocycles. The molecule has 6 nitrogen and oxygen atoms in total. The third kappa shape index (κ3) is 4.25. The summed E-state index contributed by atoms with van der Waals surface area (Å²) >= 11 is 0. The maximum Gasteiger partial charge on any atom is 0.259 e. The number of hydrogen-bond acceptors (Lipinski definition) is 4. The number of hydrogen-bond donors (Lipinski definition) is 0. The molecule has 0 unspecified atom stereocenters. The number of carbonyl (C=O) groups excluding carboxylic acids is 2. The number of carbonyl (C=O) groups is 2. The van der Waals surface area contributed by atoms with Gasteiger partial charge in [0.1, 0.15) is 11.5 Å². The summed E-state index contributed by atoms with van der Waals surface area (Å²) in [6.07, 6.45) is 3.16. The van der Waals surface area contributed by atoms with Crippen molar-refractivity contribution in [2.24, 2.45) is 0 Å². The standard InChI is InChI=1S/C29H30N2O4/c1-34-22-14-10-20(11-15-22)27-26(29(33)30-18-6-3-7-19-30)24-8-4-5-9-25(24)28(32)31(27)21-12-16-23(35-2)17-13-21/h4-5,8-17,26-27H,3,6-7,18-19H2,1-2H3/t26-,27+/m1/s1. The van der Waals surface area contributed by atoms with Crippen LogP contribution in [0.3, 0.4) is 0 Å². The van der Waals surface area contributed by atoms with Crippen molar-refractivity contribution in [1.29, 1.82) is 0 Å². The number of nitrogens with zero attached hydrogens (tertiary/aromatic N) is 2. The van der Waals surface area contributed by atoms with Crippen molar-refractivity contribution in [2.45, 2.75) is 31.2 Å². The number of ether oxygens (including phenoxy) is 2. The van der Waals surface area contributed by atoms with Crippen molar-refractivity contribution < 1.29 is 19.1 Å². The van der Waals surface area contributed by atoms with Crippen molar-refractivity contribution in [3.05, 3.63) is 89.5 Å². The van der Waals surface area contributed by atoms with Gasteiger partial charge < -0.3 is 14.4 Å². The number of benzene rings is 3. The first kappa shape index (κ1) is 23.0. The van der Waals surface area contributed by atoms with E-state index in [1.54, 1.807) is 19.1 Å². The van der Waals surface area contributed by atoms with Gasteiger partial charge in [-0.3, -0.25) is 14.5 Å². The van der Waals surface area contributed by atoms with Crippen LogP contribution in [0.5, 0.6) is 11.5 Å². The Kier molecular flexibility index (Phi) is 6.45. The summed E-state index contributed by atoms with van der Waals surface area (Å²) in [6, 6.07) is 22.2. The molecule has 5 rings (SSSR count). The van der Waals surface area contributed by atoms with E-state index in [1.165, 1.54) is 0 Å². The minimum Gasteiger partial charge on any atom is -0.497 e. The Morgan fingerprint density at radius 1 is 0.800 bits per heavy atom. The number of amides is 2. The molecule has 6 heteroatoms. The van der Waals surface area contributed by atoms with Gasteiger partial charge in [-0.2, -0.15) is 0 Å². The molecule has 2 heterocycles. The van der Waals surface area contributed by atoms with Crippen LogP contribution < -0.4 is 14.4 Å². The predicted octanol–water partition coefficient (Wildman–Crippen LogP) is 5.20. The average molecular weight is 471 g/mol. The summed E-state index contributed by atoms with van der Waals surface area (Å²) in [6.45, 7) is 1.51. The molecule has 2 atom stereocenters. The van der Waals surface area contributed by atoms with Crippen LogP contribution in [0.2, 0.25) is 0 Å². The second-order valence-electron chi connectivity index (χ2n) is 9.04. The Bertz CT molecular complexity index is 1200. The highest BCUT2D eigenvalue weighted by atomic mass is 16.5. The molecule has 0 radical (unpaired) electrons. The first-order valence-corrected chi connectivity index (χ1v) is 12.1. The molecule has 0 aromatic heterocycles. The van der Waals surface area contributed by atoms with Crippen LogP contribution >= 0.6 is 0 Å². The third-order valence-corrected chi connectivity index (χ3v) is 7.08. The summed E-state index contributed by atoms with van der Waals surface area (Å²) < 4.78 is 10.7. The molecule has 0 spiro atoms. The van der Waals surface area contributed by atoms with Crippen LogP contribution in [-0.2, 0) is 4.79 Å². The molecule has 0 N–H and O–H groups in total. The zero-order chi connectivity index (χ0) is 24.4. The van der Waals surface area contributed by atoms with Gasteiger partial charge in [0, 0.05) is 24.3 Å². The molecular weight excluding hydrogens is 440 g/mol. The van der Waals surface area contributed by atoms with Gasteiger partial charge in [-0.15, -0.1) is 0 Å². The number of rotatable bonds is 5. The minimum absolute atomic E-state index is 0.0731. The molecule has 3 aromatic rings. The fourth-order valence-electron chi connectivity index (χ4n) is 5.28. The van der Waals surface area contributed by atoms with Crippen LogP contribution in [0.15, 0.2) is 72.8 Å². The van der Waals surface area contributed by atoms with Crippen LogP contribution in [0.25, 0.3) is 0 Å². The summed E-state index contributed by atoms with van der Waals surface area (Å²) in [5, 5.41) is 0. The molecule has 1 fully saturated rings. The average Bonchev–Trinajstić information content (AvgIpc) is 2.93. The highest BCUT2D eigenvalue weighted by Crippen LogP contribution is 2.46. The Labute approximate surface area is 206 Å². The Morgan fingerprint density at radius 3 is 2.03 bits per heavy atom. The van der Waals surface area contributed by atoms with Gasteiger partial charge in [0.25, 0.3) is 5.91 Å². The fourth-order valence-corrected chi connectivity index (χ4v) is 5.28. The predicted molar refractivity (Wildman–Crippen MR) is 135 cm³/mol. The largest absolute Gasteiger partial charge is 0.497 e. The molecule has 0 bridgehead atoms. The van der Waals surface area contributed by atoms with Crippen molar-refractivity contribution in [3.8, 4) is 11.5 Å². The zero-order valence-electron chi connectivity index (χ0n) is 20.1. The van der Waals surface area contributed by atoms with Crippen molar-refractivity contribution in [2.75, 3.05) is 32.2 Å². The lowest BCUT2D eigenvalue weighted by Crippen LogP contribution is -2.49. The highest BCUT2D eigenvalue weighted by molar-refractivity contribution is 6.11. The molecule has 2 aliphatic heterocycles. The lowest BCUT2D eigenvalue weighted by atomic mass is 9.78. The number of likely N-dealkylation sites (tertiary alicyclic amines) is 1. The zero-order valence-corrected chi connectivity index (χ0v) is 20.1. The van der Waals surface area contributed by atoms with E-state index in [2.05, 4.69) is 0 Å². The normalized spacial score (nSPS) is 19.8. The quantitative estimate of drug-likeness (QED) is 0.514. The summed E-state index contributed by atoms with van der Waals surface area (Å²) in [5.41, 5.74) is 2.98. The lowest BCUT2D eigenvalue weighted by Gasteiger charge is -2.43. The highest BCUT2D eigenvalue weighted by Gasteiger charge is 2.46. The smallest absolute Gasteiger partial charge is 0.259 e. The van der Waals surface area contributed by atoms with Crippen molar-refractivity contribution >= 4 is 17.5 Å². The van der Waals surface area contributed by atoms with Gasteiger partial charge in [-0.05, 0) is 72.9 Å². The maximum atomic E-state index is 14.1. The molecule has 2 aliphatic rings. The fraction of sp³-hybridized carbons (Fsp3) is 0.310. The first-order valence-electron chi connectivity index (χ1n) is 12.1. The number of methoxy groups -OCH3 is 2. The first-order chi connectivity index (χ1) is 17.1. The summed E-state index contributed by atoms with van der Waals surface area (Å²) in [5.74, 6) is 0.877. The van der Waals surface area contributed by atoms with Crippen molar-refractivity contribution in [3.63, 3.8) is 0 Å². The van der Waals surface area contributed by atoms with Gasteiger partial charge in [0.2, 0.25) is 5.91 Å². The second-order valence-corrected chi connectivity index (χ2v) is 9.04. The van der Waals surface area contributed by atoms with E-state index < -0.39 is 12.0 Å². The van der Waals surface area contributed by atoms with E-state index in [9.17, 15) is 9.59 Å². The lowest BCUT2D eigenvalue weighted by molar-refractivity contribution is -0.134. The van der Waals surface area contributed by atoms with Gasteiger partial charge in [0.15, 0.2) is 0 Å². The van der Waals surface area contributed by atoms with E-state index in [0.717, 1.165) is 54.9 Å². The molecule has 180 valence electrons. The van der Waals surface area contributed by atoms with Crippen LogP contribution in [0, 0.1) is 0 Å². The van der Waals surface area contributed by atoms with E-state index in [4.69, 9.17) is 9.47 Å². The second kappa shape index (κ2) is 9.82. The molecule has 2 amide bonds. The number of anilines is 1. The van der Waals surface area contributed by atoms with Crippen molar-refractivity contribution in [1.82, 2.24) is 4.90 Å². The Balaban J connectivity index is 1.69. The summed E-state index contributed by atoms with van der Waals surface area (Å²) in [7, 11) is 3.24. The van der Waals surface area contributed by atoms with Crippen LogP contribution in [-0.4, -0.2) is 44.0 Å². The van der Waals surface area contributed by atoms with Crippen LogP contribution in [0.4, 0.5) is 5.69 Å². The van der Waals surface area contributed by atoms with E-state index >= 15 is 0 Å². The molecular formula is C29H30N2O4. The van der Waals surface area contributed by atoms with E-state index in [-0.39, 0.29) is 11.8 Å². The third-order valence-electron chi connectivity index (χ3n) is 7.08. The van der Waals surface area contributed by atoms with Gasteiger partial charge in [-0.1, -0.05) is 30.3 Å². The topological polar surface area (TPSA) is 59.1 Å². The van der Waals surface area contributed by atoms with Crippen LogP contribution in [0.1, 0.15) is 52.7 Å². The maximum absolute atomic E-state index is 14.1. The van der Waals surface area contributed by atoms with Gasteiger partial charge in [0.05, 0.1) is 26.2 Å². The Morgan fingerprint density at radius 2 is 1.40 bits per heavy atom. The van der Waals surface area contributed by atoms with E-state index in [1.807, 2.05) is 77.7 Å². The van der Waals surface area contributed by atoms with E-state index in [0.29, 0.717) is 11.3 Å². The molecule has 1 saturated heterocycles. The SMILES string of the molecule is COc1ccc([C@H]2[C@H](C(=O)N3CCCCC3)c3ccccc3C(=O)N2c2ccc(OC)cc2)cc1. The van der Waals surface area contributed by atoms with Gasteiger partial charge >= 0.3 is 0 Å². The monoisotopic (exact) mass is 470 g/mol. The molecule has 35 heavy (non-hydrogen) atoms.